The van der Waals surface area contributed by atoms with Gasteiger partial charge in [-0.1, -0.05) is 67.1 Å². The number of halogens is 1. The van der Waals surface area contributed by atoms with Gasteiger partial charge in [0.15, 0.2) is 0 Å². The van der Waals surface area contributed by atoms with Crippen LogP contribution in [-0.2, 0) is 14.3 Å². The first kappa shape index (κ1) is 26.5. The number of hydrogen-bond acceptors (Lipinski definition) is 6. The summed E-state index contributed by atoms with van der Waals surface area (Å²) in [5, 5.41) is 6.21. The van der Waals surface area contributed by atoms with E-state index in [1.54, 1.807) is 6.08 Å². The molecule has 1 N–H and O–H groups in total. The van der Waals surface area contributed by atoms with Gasteiger partial charge in [-0.05, 0) is 75.6 Å². The van der Waals surface area contributed by atoms with Gasteiger partial charge in [0.25, 0.3) is 11.1 Å². The van der Waals surface area contributed by atoms with Crippen molar-refractivity contribution >= 4 is 79.7 Å². The summed E-state index contributed by atoms with van der Waals surface area (Å²) in [4.78, 5) is 52.2. The number of imide groups is 1. The number of carbonyl (C=O) groups is 4. The summed E-state index contributed by atoms with van der Waals surface area (Å²) >= 11 is 6.92. The van der Waals surface area contributed by atoms with Crippen LogP contribution in [0.25, 0.3) is 27.6 Å². The van der Waals surface area contributed by atoms with Crippen LogP contribution in [0.1, 0.15) is 29.3 Å². The number of anilines is 1. The standard InChI is InChI=1S/C30H23ClN2O5S/c1-2-13-38-29(36)24-15-20(11-12-25(24)31)32-27(34)17-33-28(35)26(39-30(33)37)16-23-21-9-5-3-7-18(21)14-19-8-4-6-10-22(19)23/h3-12,14-16H,2,13,17H2,1H3,(H,32,34)/b26-16+. The number of hydrogen-bond donors (Lipinski definition) is 1. The number of amides is 3. The van der Waals surface area contributed by atoms with Gasteiger partial charge in [0, 0.05) is 5.69 Å². The van der Waals surface area contributed by atoms with Crippen LogP contribution in [0.4, 0.5) is 10.5 Å². The molecule has 0 atom stereocenters. The molecule has 0 spiro atoms. The Bertz CT molecular complexity index is 1630. The monoisotopic (exact) mass is 558 g/mol. The minimum atomic E-state index is -0.602. The van der Waals surface area contributed by atoms with Gasteiger partial charge in [0.1, 0.15) is 6.54 Å². The van der Waals surface area contributed by atoms with Crippen molar-refractivity contribution in [2.75, 3.05) is 18.5 Å². The predicted molar refractivity (Wildman–Crippen MR) is 155 cm³/mol. The smallest absolute Gasteiger partial charge is 0.339 e. The lowest BCUT2D eigenvalue weighted by molar-refractivity contribution is -0.127. The largest absolute Gasteiger partial charge is 0.462 e. The third kappa shape index (κ3) is 5.53. The molecular formula is C30H23ClN2O5S. The molecule has 1 heterocycles. The quantitative estimate of drug-likeness (QED) is 0.151. The van der Waals surface area contributed by atoms with Gasteiger partial charge >= 0.3 is 5.97 Å². The van der Waals surface area contributed by atoms with E-state index >= 15 is 0 Å². The van der Waals surface area contributed by atoms with Crippen LogP contribution >= 0.6 is 23.4 Å². The molecule has 1 aliphatic rings. The van der Waals surface area contributed by atoms with Crippen molar-refractivity contribution in [3.63, 3.8) is 0 Å². The van der Waals surface area contributed by atoms with Crippen LogP contribution in [0.3, 0.4) is 0 Å². The van der Waals surface area contributed by atoms with E-state index in [0.29, 0.717) is 6.42 Å². The second-order valence-electron chi connectivity index (χ2n) is 8.88. The van der Waals surface area contributed by atoms with Crippen LogP contribution in [0.2, 0.25) is 5.02 Å². The Labute approximate surface area is 233 Å². The number of fused-ring (bicyclic) bond motifs is 2. The lowest BCUT2D eigenvalue weighted by Crippen LogP contribution is -2.36. The van der Waals surface area contributed by atoms with Gasteiger partial charge in [-0.15, -0.1) is 0 Å². The Hall–Kier alpha value is -4.14. The molecule has 7 nitrogen and oxygen atoms in total. The molecule has 5 rings (SSSR count). The molecule has 0 unspecified atom stereocenters. The van der Waals surface area contributed by atoms with Crippen molar-refractivity contribution in [2.45, 2.75) is 13.3 Å². The van der Waals surface area contributed by atoms with Crippen molar-refractivity contribution in [2.24, 2.45) is 0 Å². The van der Waals surface area contributed by atoms with Gasteiger partial charge in [-0.3, -0.25) is 19.3 Å². The van der Waals surface area contributed by atoms with Gasteiger partial charge in [0.05, 0.1) is 22.1 Å². The van der Waals surface area contributed by atoms with E-state index in [-0.39, 0.29) is 27.8 Å². The minimum absolute atomic E-state index is 0.110. The van der Waals surface area contributed by atoms with E-state index < -0.39 is 29.6 Å². The molecule has 1 aliphatic heterocycles. The zero-order chi connectivity index (χ0) is 27.5. The first-order chi connectivity index (χ1) is 18.9. The molecule has 4 aromatic carbocycles. The summed E-state index contributed by atoms with van der Waals surface area (Å²) < 4.78 is 5.13. The molecule has 1 fully saturated rings. The maximum Gasteiger partial charge on any atom is 0.339 e. The normalized spacial score (nSPS) is 14.4. The van der Waals surface area contributed by atoms with Crippen LogP contribution in [0.5, 0.6) is 0 Å². The second-order valence-corrected chi connectivity index (χ2v) is 10.3. The minimum Gasteiger partial charge on any atom is -0.462 e. The van der Waals surface area contributed by atoms with Crippen molar-refractivity contribution in [3.05, 3.63) is 93.9 Å². The molecule has 196 valence electrons. The Morgan fingerprint density at radius 3 is 2.31 bits per heavy atom. The number of esters is 1. The van der Waals surface area contributed by atoms with Crippen molar-refractivity contribution in [1.82, 2.24) is 4.90 Å². The van der Waals surface area contributed by atoms with Gasteiger partial charge < -0.3 is 10.1 Å². The maximum atomic E-state index is 13.2. The second kappa shape index (κ2) is 11.3. The number of thioether (sulfide) groups is 1. The molecule has 1 saturated heterocycles. The highest BCUT2D eigenvalue weighted by atomic mass is 35.5. The molecule has 3 amide bonds. The number of nitrogens with one attached hydrogen (secondary N) is 1. The fourth-order valence-electron chi connectivity index (χ4n) is 4.35. The van der Waals surface area contributed by atoms with Crippen LogP contribution in [-0.4, -0.2) is 41.1 Å². The Balaban J connectivity index is 1.37. The zero-order valence-electron chi connectivity index (χ0n) is 20.9. The van der Waals surface area contributed by atoms with Gasteiger partial charge in [0.2, 0.25) is 5.91 Å². The molecule has 0 aromatic heterocycles. The van der Waals surface area contributed by atoms with Crippen LogP contribution in [0.15, 0.2) is 77.7 Å². The fraction of sp³-hybridized carbons (Fsp3) is 0.133. The highest BCUT2D eigenvalue weighted by Crippen LogP contribution is 2.36. The summed E-state index contributed by atoms with van der Waals surface area (Å²) in [6, 6.07) is 22.2. The number of carbonyl (C=O) groups excluding carboxylic acids is 4. The average molecular weight is 559 g/mol. The summed E-state index contributed by atoms with van der Waals surface area (Å²) in [7, 11) is 0. The van der Waals surface area contributed by atoms with E-state index in [2.05, 4.69) is 11.4 Å². The molecule has 0 bridgehead atoms. The Morgan fingerprint density at radius 1 is 0.974 bits per heavy atom. The SMILES string of the molecule is CCCOC(=O)c1cc(NC(=O)CN2C(=O)S/C(=C/c3c4ccccc4cc4ccccc34)C2=O)ccc1Cl. The van der Waals surface area contributed by atoms with Crippen LogP contribution in [0, 0.1) is 0 Å². The molecular weight excluding hydrogens is 536 g/mol. The number of nitrogens with zero attached hydrogens (tertiary/aromatic N) is 1. The van der Waals surface area contributed by atoms with E-state index in [9.17, 15) is 19.2 Å². The lowest BCUT2D eigenvalue weighted by atomic mass is 9.96. The van der Waals surface area contributed by atoms with Gasteiger partial charge in [-0.2, -0.15) is 0 Å². The first-order valence-corrected chi connectivity index (χ1v) is 13.5. The molecule has 9 heteroatoms. The van der Waals surface area contributed by atoms with Crippen molar-refractivity contribution in [1.29, 1.82) is 0 Å². The maximum absolute atomic E-state index is 13.2. The highest BCUT2D eigenvalue weighted by molar-refractivity contribution is 8.18. The fourth-order valence-corrected chi connectivity index (χ4v) is 5.36. The summed E-state index contributed by atoms with van der Waals surface area (Å²) in [6.45, 7) is 1.64. The van der Waals surface area contributed by atoms with E-state index in [0.717, 1.165) is 43.8 Å². The van der Waals surface area contributed by atoms with Crippen molar-refractivity contribution < 1.29 is 23.9 Å². The topological polar surface area (TPSA) is 92.8 Å². The molecule has 39 heavy (non-hydrogen) atoms. The lowest BCUT2D eigenvalue weighted by Gasteiger charge is -2.13. The molecule has 0 aliphatic carbocycles. The number of ether oxygens (including phenoxy) is 1. The van der Waals surface area contributed by atoms with E-state index in [1.165, 1.54) is 18.2 Å². The van der Waals surface area contributed by atoms with E-state index in [1.807, 2.05) is 55.5 Å². The first-order valence-electron chi connectivity index (χ1n) is 12.3. The van der Waals surface area contributed by atoms with Gasteiger partial charge in [-0.25, -0.2) is 4.79 Å². The van der Waals surface area contributed by atoms with Crippen molar-refractivity contribution in [3.8, 4) is 0 Å². The summed E-state index contributed by atoms with van der Waals surface area (Å²) in [6.07, 6.45) is 2.38. The average Bonchev–Trinajstić information content (AvgIpc) is 3.19. The number of benzene rings is 4. The zero-order valence-corrected chi connectivity index (χ0v) is 22.5. The third-order valence-corrected chi connectivity index (χ3v) is 7.41. The highest BCUT2D eigenvalue weighted by Gasteiger charge is 2.36. The molecule has 0 radical (unpaired) electrons. The third-order valence-electron chi connectivity index (χ3n) is 6.17. The number of rotatable bonds is 7. The van der Waals surface area contributed by atoms with Crippen LogP contribution < -0.4 is 5.32 Å². The summed E-state index contributed by atoms with van der Waals surface area (Å²) in [5.74, 6) is -1.74. The molecule has 0 saturated carbocycles. The summed E-state index contributed by atoms with van der Waals surface area (Å²) in [5.41, 5.74) is 1.24. The molecule has 4 aromatic rings. The Morgan fingerprint density at radius 2 is 1.64 bits per heavy atom. The van der Waals surface area contributed by atoms with E-state index in [4.69, 9.17) is 16.3 Å². The Kier molecular flexibility index (Phi) is 7.67. The predicted octanol–water partition coefficient (Wildman–Crippen LogP) is 6.89.